The molecule has 0 saturated heterocycles. The highest BCUT2D eigenvalue weighted by Crippen LogP contribution is 2.05. The van der Waals surface area contributed by atoms with Crippen molar-refractivity contribution in [3.63, 3.8) is 0 Å². The van der Waals surface area contributed by atoms with Crippen molar-refractivity contribution in [2.45, 2.75) is 46.5 Å². The van der Waals surface area contributed by atoms with Gasteiger partial charge in [-0.2, -0.15) is 0 Å². The number of hydrogen-bond acceptors (Lipinski definition) is 3. The SMILES string of the molecule is CCOC(C)OCC(O)CC(C)C. The third-order valence-electron chi connectivity index (χ3n) is 1.67. The van der Waals surface area contributed by atoms with Gasteiger partial charge in [0.05, 0.1) is 12.7 Å². The second kappa shape index (κ2) is 7.30. The van der Waals surface area contributed by atoms with Crippen LogP contribution in [-0.2, 0) is 9.47 Å². The smallest absolute Gasteiger partial charge is 0.154 e. The molecule has 0 spiro atoms. The van der Waals surface area contributed by atoms with E-state index in [1.165, 1.54) is 0 Å². The molecule has 0 saturated carbocycles. The van der Waals surface area contributed by atoms with E-state index in [-0.39, 0.29) is 12.4 Å². The summed E-state index contributed by atoms with van der Waals surface area (Å²) in [5.74, 6) is 0.501. The highest BCUT2D eigenvalue weighted by atomic mass is 16.7. The standard InChI is InChI=1S/C10H22O3/c1-5-12-9(4)13-7-10(11)6-8(2)3/h8-11H,5-7H2,1-4H3. The van der Waals surface area contributed by atoms with Crippen LogP contribution in [0.25, 0.3) is 0 Å². The zero-order valence-corrected chi connectivity index (χ0v) is 9.12. The molecule has 2 atom stereocenters. The Labute approximate surface area is 81.0 Å². The fourth-order valence-electron chi connectivity index (χ4n) is 1.14. The van der Waals surface area contributed by atoms with E-state index in [4.69, 9.17) is 9.47 Å². The van der Waals surface area contributed by atoms with Crippen molar-refractivity contribution < 1.29 is 14.6 Å². The van der Waals surface area contributed by atoms with Crippen LogP contribution in [0.15, 0.2) is 0 Å². The van der Waals surface area contributed by atoms with Gasteiger partial charge in [0, 0.05) is 6.61 Å². The van der Waals surface area contributed by atoms with Crippen LogP contribution >= 0.6 is 0 Å². The Bertz CT molecular complexity index is 115. The van der Waals surface area contributed by atoms with Crippen LogP contribution in [0.5, 0.6) is 0 Å². The first-order valence-electron chi connectivity index (χ1n) is 4.97. The fraction of sp³-hybridized carbons (Fsp3) is 1.00. The van der Waals surface area contributed by atoms with E-state index in [1.807, 2.05) is 13.8 Å². The van der Waals surface area contributed by atoms with Crippen LogP contribution < -0.4 is 0 Å². The molecule has 3 nitrogen and oxygen atoms in total. The van der Waals surface area contributed by atoms with Crippen molar-refractivity contribution in [1.82, 2.24) is 0 Å². The molecule has 0 rings (SSSR count). The number of ether oxygens (including phenoxy) is 2. The molecule has 0 amide bonds. The summed E-state index contributed by atoms with van der Waals surface area (Å²) >= 11 is 0. The van der Waals surface area contributed by atoms with Gasteiger partial charge in [-0.25, -0.2) is 0 Å². The largest absolute Gasteiger partial charge is 0.391 e. The molecular formula is C10H22O3. The predicted molar refractivity (Wildman–Crippen MR) is 52.5 cm³/mol. The van der Waals surface area contributed by atoms with Crippen LogP contribution in [0.4, 0.5) is 0 Å². The average Bonchev–Trinajstić information content (AvgIpc) is 2.00. The van der Waals surface area contributed by atoms with E-state index in [9.17, 15) is 5.11 Å². The maximum absolute atomic E-state index is 9.46. The van der Waals surface area contributed by atoms with Crippen LogP contribution in [-0.4, -0.2) is 30.7 Å². The Balaban J connectivity index is 3.40. The molecule has 0 aromatic carbocycles. The monoisotopic (exact) mass is 190 g/mol. The van der Waals surface area contributed by atoms with E-state index in [0.717, 1.165) is 6.42 Å². The first kappa shape index (κ1) is 12.9. The van der Waals surface area contributed by atoms with Gasteiger partial charge in [-0.1, -0.05) is 13.8 Å². The predicted octanol–water partition coefficient (Wildman–Crippen LogP) is 1.79. The van der Waals surface area contributed by atoms with E-state index in [1.54, 1.807) is 0 Å². The summed E-state index contributed by atoms with van der Waals surface area (Å²) in [5.41, 5.74) is 0. The summed E-state index contributed by atoms with van der Waals surface area (Å²) in [6.45, 7) is 8.92. The van der Waals surface area contributed by atoms with Crippen LogP contribution in [0.3, 0.4) is 0 Å². The Morgan fingerprint density at radius 2 is 1.77 bits per heavy atom. The normalized spacial score (nSPS) is 16.2. The second-order valence-electron chi connectivity index (χ2n) is 3.64. The maximum atomic E-state index is 9.46. The number of aliphatic hydroxyl groups excluding tert-OH is 1. The summed E-state index contributed by atoms with van der Waals surface area (Å²) < 4.78 is 10.4. The molecule has 0 aromatic rings. The first-order chi connectivity index (χ1) is 6.06. The van der Waals surface area contributed by atoms with Crippen molar-refractivity contribution in [3.8, 4) is 0 Å². The van der Waals surface area contributed by atoms with E-state index >= 15 is 0 Å². The van der Waals surface area contributed by atoms with E-state index in [2.05, 4.69) is 13.8 Å². The van der Waals surface area contributed by atoms with Gasteiger partial charge in [0.2, 0.25) is 0 Å². The van der Waals surface area contributed by atoms with Gasteiger partial charge in [-0.15, -0.1) is 0 Å². The van der Waals surface area contributed by atoms with E-state index in [0.29, 0.717) is 19.1 Å². The number of rotatable bonds is 7. The lowest BCUT2D eigenvalue weighted by atomic mass is 10.1. The molecule has 0 aromatic heterocycles. The lowest BCUT2D eigenvalue weighted by Gasteiger charge is -2.17. The third-order valence-corrected chi connectivity index (χ3v) is 1.67. The molecule has 80 valence electrons. The van der Waals surface area contributed by atoms with Crippen molar-refractivity contribution in [2.24, 2.45) is 5.92 Å². The minimum absolute atomic E-state index is 0.216. The van der Waals surface area contributed by atoms with Crippen LogP contribution in [0.1, 0.15) is 34.1 Å². The lowest BCUT2D eigenvalue weighted by Crippen LogP contribution is -2.22. The quantitative estimate of drug-likeness (QED) is 0.622. The Morgan fingerprint density at radius 3 is 2.23 bits per heavy atom. The minimum Gasteiger partial charge on any atom is -0.391 e. The van der Waals surface area contributed by atoms with Crippen molar-refractivity contribution in [1.29, 1.82) is 0 Å². The van der Waals surface area contributed by atoms with Gasteiger partial charge in [0.1, 0.15) is 0 Å². The van der Waals surface area contributed by atoms with E-state index < -0.39 is 0 Å². The zero-order chi connectivity index (χ0) is 10.3. The second-order valence-corrected chi connectivity index (χ2v) is 3.64. The Kier molecular flexibility index (Phi) is 7.23. The fourth-order valence-corrected chi connectivity index (χ4v) is 1.14. The molecule has 0 aliphatic heterocycles. The highest BCUT2D eigenvalue weighted by molar-refractivity contribution is 4.56. The van der Waals surface area contributed by atoms with Gasteiger partial charge < -0.3 is 14.6 Å². The third kappa shape index (κ3) is 8.22. The molecule has 0 radical (unpaired) electrons. The molecular weight excluding hydrogens is 168 g/mol. The van der Waals surface area contributed by atoms with Gasteiger partial charge >= 0.3 is 0 Å². The van der Waals surface area contributed by atoms with Gasteiger partial charge in [0.25, 0.3) is 0 Å². The maximum Gasteiger partial charge on any atom is 0.154 e. The summed E-state index contributed by atoms with van der Waals surface area (Å²) in [6.07, 6.45) is 0.188. The molecule has 2 unspecified atom stereocenters. The van der Waals surface area contributed by atoms with Gasteiger partial charge in [-0.05, 0) is 26.2 Å². The molecule has 13 heavy (non-hydrogen) atoms. The molecule has 0 heterocycles. The Hall–Kier alpha value is -0.120. The number of aliphatic hydroxyl groups is 1. The number of hydrogen-bond donors (Lipinski definition) is 1. The molecule has 0 aliphatic rings. The molecule has 0 aliphatic carbocycles. The Morgan fingerprint density at radius 1 is 1.15 bits per heavy atom. The van der Waals surface area contributed by atoms with Crippen molar-refractivity contribution in [3.05, 3.63) is 0 Å². The lowest BCUT2D eigenvalue weighted by molar-refractivity contribution is -0.145. The average molecular weight is 190 g/mol. The van der Waals surface area contributed by atoms with Gasteiger partial charge in [-0.3, -0.25) is 0 Å². The summed E-state index contributed by atoms with van der Waals surface area (Å²) in [4.78, 5) is 0. The topological polar surface area (TPSA) is 38.7 Å². The van der Waals surface area contributed by atoms with Crippen molar-refractivity contribution >= 4 is 0 Å². The van der Waals surface area contributed by atoms with Crippen LogP contribution in [0, 0.1) is 5.92 Å². The molecule has 3 heteroatoms. The molecule has 1 N–H and O–H groups in total. The minimum atomic E-state index is -0.372. The zero-order valence-electron chi connectivity index (χ0n) is 9.12. The van der Waals surface area contributed by atoms with Crippen LogP contribution in [0.2, 0.25) is 0 Å². The highest BCUT2D eigenvalue weighted by Gasteiger charge is 2.09. The first-order valence-corrected chi connectivity index (χ1v) is 4.97. The summed E-state index contributed by atoms with van der Waals surface area (Å²) in [7, 11) is 0. The molecule has 0 bridgehead atoms. The van der Waals surface area contributed by atoms with Crippen molar-refractivity contribution in [2.75, 3.05) is 13.2 Å². The molecule has 0 fully saturated rings. The summed E-state index contributed by atoms with van der Waals surface area (Å²) in [6, 6.07) is 0. The summed E-state index contributed by atoms with van der Waals surface area (Å²) in [5, 5.41) is 9.46. The van der Waals surface area contributed by atoms with Gasteiger partial charge in [0.15, 0.2) is 6.29 Å².